The van der Waals surface area contributed by atoms with E-state index >= 15 is 0 Å². The Morgan fingerprint density at radius 1 is 1.07 bits per heavy atom. The molecule has 0 aliphatic carbocycles. The van der Waals surface area contributed by atoms with Crippen LogP contribution in [0.25, 0.3) is 6.08 Å². The third-order valence-corrected chi connectivity index (χ3v) is 4.55. The molecule has 6 heteroatoms. The van der Waals surface area contributed by atoms with Crippen molar-refractivity contribution >= 4 is 17.5 Å². The number of benzene rings is 2. The summed E-state index contributed by atoms with van der Waals surface area (Å²) >= 11 is 0. The van der Waals surface area contributed by atoms with E-state index in [0.29, 0.717) is 53.0 Å². The second-order valence-electron chi connectivity index (χ2n) is 6.79. The van der Waals surface area contributed by atoms with Crippen LogP contribution >= 0.6 is 0 Å². The van der Waals surface area contributed by atoms with E-state index in [-0.39, 0.29) is 11.7 Å². The minimum atomic E-state index is -0.0850. The van der Waals surface area contributed by atoms with Gasteiger partial charge in [0.25, 0.3) is 0 Å². The molecule has 1 aliphatic rings. The van der Waals surface area contributed by atoms with Crippen molar-refractivity contribution < 1.29 is 23.7 Å². The molecule has 3 rings (SSSR count). The minimum Gasteiger partial charge on any atom is -0.495 e. The van der Waals surface area contributed by atoms with E-state index in [4.69, 9.17) is 24.7 Å². The second-order valence-corrected chi connectivity index (χ2v) is 6.79. The maximum Gasteiger partial charge on any atom is 0.203 e. The van der Waals surface area contributed by atoms with Gasteiger partial charge in [0.2, 0.25) is 5.75 Å². The molecule has 2 N–H and O–H groups in total. The highest BCUT2D eigenvalue weighted by Crippen LogP contribution is 2.41. The van der Waals surface area contributed by atoms with Gasteiger partial charge in [0.15, 0.2) is 17.3 Å². The number of carbonyl (C=O) groups is 1. The van der Waals surface area contributed by atoms with Crippen LogP contribution in [0.2, 0.25) is 0 Å². The number of hydrogen-bond donors (Lipinski definition) is 1. The lowest BCUT2D eigenvalue weighted by molar-refractivity contribution is 0.102. The molecule has 1 heterocycles. The summed E-state index contributed by atoms with van der Waals surface area (Å²) in [5.74, 6) is 2.25. The van der Waals surface area contributed by atoms with E-state index in [1.165, 1.54) is 0 Å². The molecular formula is C22H25NO5. The van der Waals surface area contributed by atoms with E-state index in [1.54, 1.807) is 32.4 Å². The highest BCUT2D eigenvalue weighted by atomic mass is 16.6. The van der Waals surface area contributed by atoms with Crippen LogP contribution in [0, 0.1) is 5.92 Å². The van der Waals surface area contributed by atoms with Gasteiger partial charge in [-0.1, -0.05) is 13.8 Å². The zero-order valence-electron chi connectivity index (χ0n) is 16.6. The summed E-state index contributed by atoms with van der Waals surface area (Å²) in [5.41, 5.74) is 8.37. The molecule has 0 aromatic heterocycles. The van der Waals surface area contributed by atoms with Gasteiger partial charge in [-0.15, -0.1) is 0 Å². The Hall–Kier alpha value is -3.15. The average Bonchev–Trinajstić information content (AvgIpc) is 2.70. The lowest BCUT2D eigenvalue weighted by Crippen LogP contribution is -2.16. The molecule has 148 valence electrons. The van der Waals surface area contributed by atoms with E-state index in [0.717, 1.165) is 5.56 Å². The standard InChI is InChI=1S/C22H25NO5/c1-13(2)16(21(24)15-5-6-18(25-3)17(23)12-15)9-14-10-19(26-4)22-20(11-14)27-7-8-28-22/h5-6,9-13H,7-8,23H2,1-4H3/b16-9+. The molecule has 0 unspecified atom stereocenters. The van der Waals surface area contributed by atoms with Crippen molar-refractivity contribution in [1.29, 1.82) is 0 Å². The predicted molar refractivity (Wildman–Crippen MR) is 109 cm³/mol. The normalized spacial score (nSPS) is 13.4. The van der Waals surface area contributed by atoms with Gasteiger partial charge in [0.05, 0.1) is 19.9 Å². The Morgan fingerprint density at radius 3 is 2.43 bits per heavy atom. The number of nitrogen functional groups attached to an aromatic ring is 1. The average molecular weight is 383 g/mol. The third kappa shape index (κ3) is 3.91. The molecule has 0 radical (unpaired) electrons. The summed E-state index contributed by atoms with van der Waals surface area (Å²) in [6.07, 6.45) is 1.86. The van der Waals surface area contributed by atoms with Crippen molar-refractivity contribution in [3.63, 3.8) is 0 Å². The Kier molecular flexibility index (Phi) is 5.78. The van der Waals surface area contributed by atoms with Gasteiger partial charge in [-0.25, -0.2) is 0 Å². The highest BCUT2D eigenvalue weighted by molar-refractivity contribution is 6.12. The van der Waals surface area contributed by atoms with Gasteiger partial charge in [0, 0.05) is 11.1 Å². The summed E-state index contributed by atoms with van der Waals surface area (Å²) in [5, 5.41) is 0. The SMILES string of the molecule is COc1ccc(C(=O)/C(=C/c2cc(OC)c3c(c2)OCCO3)C(C)C)cc1N. The smallest absolute Gasteiger partial charge is 0.203 e. The van der Waals surface area contributed by atoms with Crippen molar-refractivity contribution in [1.82, 2.24) is 0 Å². The van der Waals surface area contributed by atoms with Crippen LogP contribution in [0.5, 0.6) is 23.0 Å². The number of nitrogens with two attached hydrogens (primary N) is 1. The zero-order valence-corrected chi connectivity index (χ0v) is 16.6. The molecule has 0 fully saturated rings. The maximum atomic E-state index is 13.1. The summed E-state index contributed by atoms with van der Waals surface area (Å²) in [7, 11) is 3.12. The Balaban J connectivity index is 2.01. The van der Waals surface area contributed by atoms with Crippen molar-refractivity contribution in [3.05, 3.63) is 47.0 Å². The fourth-order valence-corrected chi connectivity index (χ4v) is 3.09. The van der Waals surface area contributed by atoms with E-state index in [2.05, 4.69) is 0 Å². The van der Waals surface area contributed by atoms with Crippen LogP contribution in [0.3, 0.4) is 0 Å². The Labute approximate surface area is 164 Å². The molecule has 2 aromatic rings. The third-order valence-electron chi connectivity index (χ3n) is 4.55. The summed E-state index contributed by atoms with van der Waals surface area (Å²) in [6, 6.07) is 8.76. The molecule has 0 amide bonds. The highest BCUT2D eigenvalue weighted by Gasteiger charge is 2.21. The monoisotopic (exact) mass is 383 g/mol. The van der Waals surface area contributed by atoms with Crippen LogP contribution in [0.15, 0.2) is 35.9 Å². The van der Waals surface area contributed by atoms with Crippen molar-refractivity contribution in [2.24, 2.45) is 5.92 Å². The van der Waals surface area contributed by atoms with E-state index in [1.807, 2.05) is 32.1 Å². The summed E-state index contributed by atoms with van der Waals surface area (Å²) < 4.78 is 21.9. The molecule has 0 saturated carbocycles. The number of allylic oxidation sites excluding steroid dienone is 1. The van der Waals surface area contributed by atoms with Gasteiger partial charge in [-0.3, -0.25) is 4.79 Å². The molecule has 6 nitrogen and oxygen atoms in total. The molecule has 2 aromatic carbocycles. The molecule has 0 spiro atoms. The summed E-state index contributed by atoms with van der Waals surface area (Å²) in [4.78, 5) is 13.1. The molecule has 1 aliphatic heterocycles. The van der Waals surface area contributed by atoms with Crippen molar-refractivity contribution in [3.8, 4) is 23.0 Å². The van der Waals surface area contributed by atoms with E-state index < -0.39 is 0 Å². The molecule has 28 heavy (non-hydrogen) atoms. The fraction of sp³-hybridized carbons (Fsp3) is 0.318. The molecule has 0 atom stereocenters. The number of ether oxygens (including phenoxy) is 4. The Bertz CT molecular complexity index is 900. The number of methoxy groups -OCH3 is 2. The first kappa shape index (κ1) is 19.6. The molecular weight excluding hydrogens is 358 g/mol. The summed E-state index contributed by atoms with van der Waals surface area (Å²) in [6.45, 7) is 4.91. The zero-order chi connectivity index (χ0) is 20.3. The van der Waals surface area contributed by atoms with Crippen LogP contribution in [0.4, 0.5) is 5.69 Å². The van der Waals surface area contributed by atoms with Gasteiger partial charge >= 0.3 is 0 Å². The van der Waals surface area contributed by atoms with Crippen LogP contribution < -0.4 is 24.7 Å². The first-order valence-corrected chi connectivity index (χ1v) is 9.12. The number of ketones is 1. The van der Waals surface area contributed by atoms with Crippen molar-refractivity contribution in [2.75, 3.05) is 33.2 Å². The van der Waals surface area contributed by atoms with Crippen LogP contribution in [-0.4, -0.2) is 33.2 Å². The molecule has 0 saturated heterocycles. The van der Waals surface area contributed by atoms with Gasteiger partial charge in [-0.2, -0.15) is 0 Å². The van der Waals surface area contributed by atoms with Gasteiger partial charge in [0.1, 0.15) is 19.0 Å². The number of anilines is 1. The fourth-order valence-electron chi connectivity index (χ4n) is 3.09. The molecule has 0 bridgehead atoms. The lowest BCUT2D eigenvalue weighted by atomic mass is 9.92. The number of rotatable bonds is 6. The number of carbonyl (C=O) groups excluding carboxylic acids is 1. The van der Waals surface area contributed by atoms with Crippen LogP contribution in [-0.2, 0) is 0 Å². The largest absolute Gasteiger partial charge is 0.495 e. The lowest BCUT2D eigenvalue weighted by Gasteiger charge is -2.21. The number of Topliss-reactive ketones (excluding diaryl/α,β-unsaturated/α-hetero) is 1. The predicted octanol–water partition coefficient (Wildman–Crippen LogP) is 3.98. The maximum absolute atomic E-state index is 13.1. The number of hydrogen-bond acceptors (Lipinski definition) is 6. The minimum absolute atomic E-state index is 0.00928. The topological polar surface area (TPSA) is 80.0 Å². The van der Waals surface area contributed by atoms with E-state index in [9.17, 15) is 4.79 Å². The number of fused-ring (bicyclic) bond motifs is 1. The Morgan fingerprint density at radius 2 is 1.79 bits per heavy atom. The van der Waals surface area contributed by atoms with Gasteiger partial charge < -0.3 is 24.7 Å². The quantitative estimate of drug-likeness (QED) is 0.462. The van der Waals surface area contributed by atoms with Crippen molar-refractivity contribution in [2.45, 2.75) is 13.8 Å². The first-order valence-electron chi connectivity index (χ1n) is 9.12. The van der Waals surface area contributed by atoms with Crippen LogP contribution in [0.1, 0.15) is 29.8 Å². The van der Waals surface area contributed by atoms with Gasteiger partial charge in [-0.05, 0) is 47.9 Å². The second kappa shape index (κ2) is 8.25. The first-order chi connectivity index (χ1) is 13.4.